The minimum Gasteiger partial charge on any atom is -0.368 e. The molecule has 0 saturated carbocycles. The number of tetrazole rings is 1. The Hall–Kier alpha value is -3.89. The summed E-state index contributed by atoms with van der Waals surface area (Å²) in [5.41, 5.74) is 4.28. The van der Waals surface area contributed by atoms with E-state index in [9.17, 15) is 9.59 Å². The Kier molecular flexibility index (Phi) is 7.90. The highest BCUT2D eigenvalue weighted by molar-refractivity contribution is 7.99. The second-order valence-corrected chi connectivity index (χ2v) is 10.2. The number of halogens is 1. The SMILES string of the molecule is Cc1ccc(-n2nnnc2SCC(=O)Nc2ccc(N3CCN(C(=O)c4ccccc4Cl)CC3)cc2)cc1. The number of aromatic nitrogens is 4. The van der Waals surface area contributed by atoms with Gasteiger partial charge >= 0.3 is 0 Å². The van der Waals surface area contributed by atoms with Crippen molar-refractivity contribution in [2.24, 2.45) is 0 Å². The molecule has 5 rings (SSSR count). The van der Waals surface area contributed by atoms with Gasteiger partial charge in [-0.3, -0.25) is 9.59 Å². The number of thioether (sulfide) groups is 1. The van der Waals surface area contributed by atoms with Gasteiger partial charge in [0.25, 0.3) is 5.91 Å². The predicted molar refractivity (Wildman–Crippen MR) is 149 cm³/mol. The molecule has 1 aliphatic rings. The number of hydrogen-bond acceptors (Lipinski definition) is 7. The number of amides is 2. The first-order valence-electron chi connectivity index (χ1n) is 12.1. The van der Waals surface area contributed by atoms with Crippen molar-refractivity contribution in [2.45, 2.75) is 12.1 Å². The molecule has 38 heavy (non-hydrogen) atoms. The van der Waals surface area contributed by atoms with Crippen LogP contribution in [0.2, 0.25) is 5.02 Å². The molecule has 1 aliphatic heterocycles. The van der Waals surface area contributed by atoms with Crippen LogP contribution in [-0.2, 0) is 4.79 Å². The van der Waals surface area contributed by atoms with E-state index in [1.54, 1.807) is 16.8 Å². The molecule has 0 spiro atoms. The average molecular weight is 548 g/mol. The molecule has 194 valence electrons. The van der Waals surface area contributed by atoms with Crippen LogP contribution in [0.3, 0.4) is 0 Å². The van der Waals surface area contributed by atoms with E-state index in [0.29, 0.717) is 47.6 Å². The van der Waals surface area contributed by atoms with Gasteiger partial charge in [-0.25, -0.2) is 0 Å². The van der Waals surface area contributed by atoms with Gasteiger partial charge in [0.15, 0.2) is 0 Å². The molecule has 1 saturated heterocycles. The Morgan fingerprint density at radius 3 is 2.32 bits per heavy atom. The smallest absolute Gasteiger partial charge is 0.255 e. The lowest BCUT2D eigenvalue weighted by Gasteiger charge is -2.36. The van der Waals surface area contributed by atoms with Gasteiger partial charge in [0.05, 0.1) is 22.0 Å². The fourth-order valence-electron chi connectivity index (χ4n) is 4.17. The maximum atomic E-state index is 12.8. The van der Waals surface area contributed by atoms with Crippen molar-refractivity contribution in [3.05, 3.63) is 88.9 Å². The highest BCUT2D eigenvalue weighted by atomic mass is 35.5. The van der Waals surface area contributed by atoms with E-state index < -0.39 is 0 Å². The van der Waals surface area contributed by atoms with Crippen LogP contribution < -0.4 is 10.2 Å². The van der Waals surface area contributed by atoms with Crippen molar-refractivity contribution in [3.63, 3.8) is 0 Å². The normalized spacial score (nSPS) is 13.4. The molecular weight excluding hydrogens is 522 g/mol. The summed E-state index contributed by atoms with van der Waals surface area (Å²) in [6.07, 6.45) is 0. The summed E-state index contributed by atoms with van der Waals surface area (Å²) in [6.45, 7) is 4.67. The van der Waals surface area contributed by atoms with Gasteiger partial charge in [0.2, 0.25) is 11.1 Å². The third-order valence-electron chi connectivity index (χ3n) is 6.24. The molecule has 0 unspecified atom stereocenters. The Labute approximate surface area is 229 Å². The minimum absolute atomic E-state index is 0.0425. The van der Waals surface area contributed by atoms with Crippen molar-refractivity contribution in [3.8, 4) is 5.69 Å². The van der Waals surface area contributed by atoms with Crippen LogP contribution in [-0.4, -0.2) is 68.9 Å². The lowest BCUT2D eigenvalue weighted by Crippen LogP contribution is -2.48. The molecule has 1 fully saturated rings. The van der Waals surface area contributed by atoms with E-state index in [-0.39, 0.29) is 17.6 Å². The molecule has 1 aromatic heterocycles. The summed E-state index contributed by atoms with van der Waals surface area (Å²) < 4.78 is 1.62. The van der Waals surface area contributed by atoms with Gasteiger partial charge in [-0.15, -0.1) is 5.10 Å². The molecule has 2 heterocycles. The van der Waals surface area contributed by atoms with E-state index in [2.05, 4.69) is 25.7 Å². The summed E-state index contributed by atoms with van der Waals surface area (Å²) in [6, 6.07) is 22.7. The van der Waals surface area contributed by atoms with Crippen LogP contribution in [0.1, 0.15) is 15.9 Å². The van der Waals surface area contributed by atoms with Gasteiger partial charge in [-0.05, 0) is 65.9 Å². The van der Waals surface area contributed by atoms with Crippen molar-refractivity contribution in [1.82, 2.24) is 25.1 Å². The molecule has 0 radical (unpaired) electrons. The van der Waals surface area contributed by atoms with Crippen LogP contribution in [0.15, 0.2) is 78.0 Å². The Balaban J connectivity index is 1.11. The van der Waals surface area contributed by atoms with Gasteiger partial charge < -0.3 is 15.1 Å². The van der Waals surface area contributed by atoms with Crippen molar-refractivity contribution in [2.75, 3.05) is 42.1 Å². The number of rotatable bonds is 7. The average Bonchev–Trinajstić information content (AvgIpc) is 3.41. The number of hydrogen-bond donors (Lipinski definition) is 1. The summed E-state index contributed by atoms with van der Waals surface area (Å²) in [4.78, 5) is 29.4. The van der Waals surface area contributed by atoms with Crippen molar-refractivity contribution < 1.29 is 9.59 Å². The van der Waals surface area contributed by atoms with E-state index in [1.807, 2.05) is 72.5 Å². The zero-order valence-electron chi connectivity index (χ0n) is 20.7. The Morgan fingerprint density at radius 2 is 1.61 bits per heavy atom. The number of benzene rings is 3. The summed E-state index contributed by atoms with van der Waals surface area (Å²) in [7, 11) is 0. The Bertz CT molecular complexity index is 1420. The number of piperazine rings is 1. The topological polar surface area (TPSA) is 96.2 Å². The van der Waals surface area contributed by atoms with Gasteiger partial charge in [0.1, 0.15) is 0 Å². The highest BCUT2D eigenvalue weighted by Crippen LogP contribution is 2.23. The number of carbonyl (C=O) groups excluding carboxylic acids is 2. The monoisotopic (exact) mass is 547 g/mol. The maximum Gasteiger partial charge on any atom is 0.255 e. The van der Waals surface area contributed by atoms with Crippen LogP contribution in [0.25, 0.3) is 5.69 Å². The second kappa shape index (κ2) is 11.7. The van der Waals surface area contributed by atoms with Crippen molar-refractivity contribution in [1.29, 1.82) is 0 Å². The van der Waals surface area contributed by atoms with Gasteiger partial charge in [0, 0.05) is 37.6 Å². The second-order valence-electron chi connectivity index (χ2n) is 8.85. The number of carbonyl (C=O) groups is 2. The standard InChI is InChI=1S/C27H26ClN7O2S/c1-19-6-10-22(11-7-19)35-27(30-31-32-35)38-18-25(36)29-20-8-12-21(13-9-20)33-14-16-34(17-15-33)26(37)23-4-2-3-5-24(23)28/h2-13H,14-18H2,1H3,(H,29,36). The van der Waals surface area contributed by atoms with E-state index >= 15 is 0 Å². The molecule has 3 aromatic carbocycles. The number of aryl methyl sites for hydroxylation is 1. The minimum atomic E-state index is -0.145. The third kappa shape index (κ3) is 5.98. The van der Waals surface area contributed by atoms with Crippen LogP contribution in [0, 0.1) is 6.92 Å². The zero-order chi connectivity index (χ0) is 26.5. The quantitative estimate of drug-likeness (QED) is 0.344. The van der Waals surface area contributed by atoms with Gasteiger partial charge in [-0.2, -0.15) is 4.68 Å². The molecule has 4 aromatic rings. The zero-order valence-corrected chi connectivity index (χ0v) is 22.3. The molecule has 9 nitrogen and oxygen atoms in total. The fraction of sp³-hybridized carbons (Fsp3) is 0.222. The van der Waals surface area contributed by atoms with Crippen LogP contribution in [0.5, 0.6) is 0 Å². The summed E-state index contributed by atoms with van der Waals surface area (Å²) >= 11 is 7.47. The number of anilines is 2. The molecule has 0 aliphatic carbocycles. The lowest BCUT2D eigenvalue weighted by molar-refractivity contribution is -0.113. The largest absolute Gasteiger partial charge is 0.368 e. The molecular formula is C27H26ClN7O2S. The van der Waals surface area contributed by atoms with Gasteiger partial charge in [-0.1, -0.05) is 53.2 Å². The highest BCUT2D eigenvalue weighted by Gasteiger charge is 2.23. The first-order chi connectivity index (χ1) is 18.5. The molecule has 1 N–H and O–H groups in total. The van der Waals surface area contributed by atoms with Crippen molar-refractivity contribution >= 4 is 46.6 Å². The van der Waals surface area contributed by atoms with Crippen LogP contribution in [0.4, 0.5) is 11.4 Å². The molecule has 2 amide bonds. The molecule has 11 heteroatoms. The number of nitrogens with one attached hydrogen (secondary N) is 1. The van der Waals surface area contributed by atoms with E-state index in [0.717, 1.165) is 16.9 Å². The number of nitrogens with zero attached hydrogens (tertiary/aromatic N) is 6. The van der Waals surface area contributed by atoms with E-state index in [1.165, 1.54) is 11.8 Å². The maximum absolute atomic E-state index is 12.8. The fourth-order valence-corrected chi connectivity index (χ4v) is 5.08. The molecule has 0 atom stereocenters. The lowest BCUT2D eigenvalue weighted by atomic mass is 10.1. The summed E-state index contributed by atoms with van der Waals surface area (Å²) in [5, 5.41) is 15.8. The van der Waals surface area contributed by atoms with E-state index in [4.69, 9.17) is 11.6 Å². The first kappa shape index (κ1) is 25.7. The predicted octanol–water partition coefficient (Wildman–Crippen LogP) is 4.32. The third-order valence-corrected chi connectivity index (χ3v) is 7.49. The van der Waals surface area contributed by atoms with Crippen LogP contribution >= 0.6 is 23.4 Å². The first-order valence-corrected chi connectivity index (χ1v) is 13.5. The molecule has 0 bridgehead atoms. The Morgan fingerprint density at radius 1 is 0.921 bits per heavy atom. The summed E-state index contributed by atoms with van der Waals surface area (Å²) in [5.74, 6) is -0.0120.